The Labute approximate surface area is 222 Å². The number of halogens is 3. The maximum absolute atomic E-state index is 13.3. The smallest absolute Gasteiger partial charge is 0.284 e. The maximum atomic E-state index is 13.3. The second-order valence-electron chi connectivity index (χ2n) is 7.59. The molecule has 0 fully saturated rings. The van der Waals surface area contributed by atoms with Crippen LogP contribution in [-0.4, -0.2) is 55.9 Å². The van der Waals surface area contributed by atoms with E-state index in [1.54, 1.807) is 50.5 Å². The highest BCUT2D eigenvalue weighted by atomic mass is 32.1. The van der Waals surface area contributed by atoms with Gasteiger partial charge in [0.2, 0.25) is 6.93 Å². The molecule has 202 valence electrons. The third-order valence-corrected chi connectivity index (χ3v) is 5.93. The molecule has 38 heavy (non-hydrogen) atoms. The number of amides is 3. The van der Waals surface area contributed by atoms with Crippen LogP contribution in [0.3, 0.4) is 0 Å². The summed E-state index contributed by atoms with van der Waals surface area (Å²) in [6.45, 7) is -1.40. The molecule has 2 heterocycles. The van der Waals surface area contributed by atoms with Crippen molar-refractivity contribution in [2.24, 2.45) is 0 Å². The van der Waals surface area contributed by atoms with Gasteiger partial charge in [0.05, 0.1) is 24.1 Å². The number of carbonyl (C=O) groups excluding carboxylic acids is 3. The summed E-state index contributed by atoms with van der Waals surface area (Å²) in [6, 6.07) is 17.1. The molecule has 0 bridgehead atoms. The lowest BCUT2D eigenvalue weighted by Crippen LogP contribution is -2.33. The average Bonchev–Trinajstić information content (AvgIpc) is 3.52. The molecule has 2 aromatic carbocycles. The summed E-state index contributed by atoms with van der Waals surface area (Å²) in [7, 11) is 3.65. The first-order valence-electron chi connectivity index (χ1n) is 11.0. The van der Waals surface area contributed by atoms with Crippen LogP contribution in [0, 0.1) is 0 Å². The first-order chi connectivity index (χ1) is 18.3. The quantitative estimate of drug-likeness (QED) is 0.295. The fraction of sp³-hybridized carbons (Fsp3) is 0.192. The normalized spacial score (nSPS) is 12.3. The van der Waals surface area contributed by atoms with Gasteiger partial charge in [-0.05, 0) is 35.7 Å². The van der Waals surface area contributed by atoms with Crippen molar-refractivity contribution in [1.82, 2.24) is 10.2 Å². The fourth-order valence-corrected chi connectivity index (χ4v) is 4.05. The number of hydrogen-bond acceptors (Lipinski definition) is 7. The zero-order valence-electron chi connectivity index (χ0n) is 20.9. The van der Waals surface area contributed by atoms with E-state index in [9.17, 15) is 32.7 Å². The summed E-state index contributed by atoms with van der Waals surface area (Å²) < 4.78 is 28.8. The molecule has 12 heteroatoms. The molecule has 0 aliphatic carbocycles. The van der Waals surface area contributed by atoms with E-state index in [1.807, 2.05) is 17.5 Å². The van der Waals surface area contributed by atoms with Crippen LogP contribution in [0.2, 0.25) is 0 Å². The van der Waals surface area contributed by atoms with E-state index < -0.39 is 18.7 Å². The third kappa shape index (κ3) is 6.91. The molecule has 4 rings (SSSR count). The van der Waals surface area contributed by atoms with Gasteiger partial charge in [0, 0.05) is 25.5 Å². The molecule has 0 saturated carbocycles. The van der Waals surface area contributed by atoms with Crippen molar-refractivity contribution in [3.8, 4) is 5.75 Å². The van der Waals surface area contributed by atoms with Crippen molar-refractivity contribution in [3.05, 3.63) is 87.9 Å². The SMILES string of the molecule is CF.CN(C)C(=O)c1cccc(NC2=C(NCc3cccs3)C(=O)N(c3ccccc3)C2=O)c1O.FCF. The van der Waals surface area contributed by atoms with Gasteiger partial charge in [0.1, 0.15) is 11.4 Å². The molecule has 3 amide bonds. The van der Waals surface area contributed by atoms with E-state index in [1.165, 1.54) is 28.4 Å². The Morgan fingerprint density at radius 3 is 2.16 bits per heavy atom. The summed E-state index contributed by atoms with van der Waals surface area (Å²) in [5.41, 5.74) is 0.728. The van der Waals surface area contributed by atoms with E-state index in [-0.39, 0.29) is 34.3 Å². The topological polar surface area (TPSA) is 102 Å². The Kier molecular flexibility index (Phi) is 11.4. The molecule has 1 aliphatic rings. The maximum Gasteiger partial charge on any atom is 0.284 e. The van der Waals surface area contributed by atoms with Crippen LogP contribution in [0.5, 0.6) is 5.75 Å². The molecule has 0 saturated heterocycles. The van der Waals surface area contributed by atoms with Gasteiger partial charge in [-0.2, -0.15) is 0 Å². The number of thiophene rings is 1. The minimum Gasteiger partial charge on any atom is -0.505 e. The van der Waals surface area contributed by atoms with Crippen molar-refractivity contribution in [2.75, 3.05) is 38.4 Å². The summed E-state index contributed by atoms with van der Waals surface area (Å²) in [5, 5.41) is 18.6. The van der Waals surface area contributed by atoms with E-state index >= 15 is 0 Å². The zero-order chi connectivity index (χ0) is 28.2. The minimum atomic E-state index is -1.75. The van der Waals surface area contributed by atoms with Crippen LogP contribution in [0.4, 0.5) is 24.5 Å². The van der Waals surface area contributed by atoms with Gasteiger partial charge >= 0.3 is 0 Å². The fourth-order valence-electron chi connectivity index (χ4n) is 3.40. The number of benzene rings is 2. The van der Waals surface area contributed by atoms with Gasteiger partial charge in [-0.25, -0.2) is 13.7 Å². The standard InChI is InChI=1S/C24H22N4O4S.CH2F2.CH3F/c1-27(2)22(30)17-11-6-12-18(21(17)29)26-20-19(25-14-16-10-7-13-33-16)23(31)28(24(20)32)15-8-4-3-5-9-15;2-1-3;1-2/h3-13,25-26,29H,14H2,1-2H3;1H2;1H3. The number of nitrogens with zero attached hydrogens (tertiary/aromatic N) is 2. The average molecular weight is 549 g/mol. The number of para-hydroxylation sites is 2. The number of hydrogen-bond donors (Lipinski definition) is 3. The van der Waals surface area contributed by atoms with E-state index in [0.717, 1.165) is 9.78 Å². The largest absolute Gasteiger partial charge is 0.505 e. The Balaban J connectivity index is 0.000000947. The first-order valence-corrected chi connectivity index (χ1v) is 11.9. The summed E-state index contributed by atoms with van der Waals surface area (Å²) in [6.07, 6.45) is 0. The highest BCUT2D eigenvalue weighted by molar-refractivity contribution is 7.09. The van der Waals surface area contributed by atoms with Gasteiger partial charge in [-0.3, -0.25) is 18.8 Å². The van der Waals surface area contributed by atoms with Crippen LogP contribution in [0.25, 0.3) is 0 Å². The second-order valence-corrected chi connectivity index (χ2v) is 8.62. The molecule has 0 atom stereocenters. The van der Waals surface area contributed by atoms with Gasteiger partial charge in [-0.1, -0.05) is 30.3 Å². The summed E-state index contributed by atoms with van der Waals surface area (Å²) in [5.74, 6) is -1.77. The highest BCUT2D eigenvalue weighted by Gasteiger charge is 2.40. The summed E-state index contributed by atoms with van der Waals surface area (Å²) in [4.78, 5) is 42.4. The molecular weight excluding hydrogens is 521 g/mol. The third-order valence-electron chi connectivity index (χ3n) is 5.05. The van der Waals surface area contributed by atoms with E-state index in [0.29, 0.717) is 19.4 Å². The zero-order valence-corrected chi connectivity index (χ0v) is 21.7. The van der Waals surface area contributed by atoms with Gasteiger partial charge in [0.15, 0.2) is 5.75 Å². The van der Waals surface area contributed by atoms with Gasteiger partial charge < -0.3 is 20.6 Å². The van der Waals surface area contributed by atoms with Crippen LogP contribution in [0.1, 0.15) is 15.2 Å². The van der Waals surface area contributed by atoms with Gasteiger partial charge in [-0.15, -0.1) is 11.3 Å². The Morgan fingerprint density at radius 2 is 1.58 bits per heavy atom. The van der Waals surface area contributed by atoms with Crippen molar-refractivity contribution < 1.29 is 32.7 Å². The highest BCUT2D eigenvalue weighted by Crippen LogP contribution is 2.33. The van der Waals surface area contributed by atoms with E-state index in [2.05, 4.69) is 10.6 Å². The predicted octanol–water partition coefficient (Wildman–Crippen LogP) is 4.61. The number of phenolic OH excluding ortho intramolecular Hbond substituents is 1. The number of alkyl halides is 3. The van der Waals surface area contributed by atoms with Crippen LogP contribution in [0.15, 0.2) is 77.4 Å². The van der Waals surface area contributed by atoms with Crippen molar-refractivity contribution in [1.29, 1.82) is 0 Å². The van der Waals surface area contributed by atoms with Crippen LogP contribution < -0.4 is 15.5 Å². The monoisotopic (exact) mass is 548 g/mol. The molecule has 3 aromatic rings. The first kappa shape index (κ1) is 29.9. The molecule has 3 N–H and O–H groups in total. The lowest BCUT2D eigenvalue weighted by atomic mass is 10.1. The second kappa shape index (κ2) is 14.4. The number of aromatic hydroxyl groups is 1. The number of phenols is 1. The Bertz CT molecular complexity index is 1270. The number of imide groups is 1. The van der Waals surface area contributed by atoms with Crippen LogP contribution >= 0.6 is 11.3 Å². The lowest BCUT2D eigenvalue weighted by Gasteiger charge is -2.16. The lowest BCUT2D eigenvalue weighted by molar-refractivity contribution is -0.120. The minimum absolute atomic E-state index is 0.00911. The molecule has 0 unspecified atom stereocenters. The van der Waals surface area contributed by atoms with Crippen LogP contribution in [-0.2, 0) is 16.1 Å². The van der Waals surface area contributed by atoms with Gasteiger partial charge in [0.25, 0.3) is 17.7 Å². The summed E-state index contributed by atoms with van der Waals surface area (Å²) >= 11 is 1.52. The predicted molar refractivity (Wildman–Crippen MR) is 141 cm³/mol. The number of anilines is 2. The van der Waals surface area contributed by atoms with Crippen molar-refractivity contribution >= 4 is 40.4 Å². The molecular formula is C26H27F3N4O4S. The number of nitrogens with one attached hydrogen (secondary N) is 2. The molecule has 1 aromatic heterocycles. The molecule has 8 nitrogen and oxygen atoms in total. The Morgan fingerprint density at radius 1 is 0.947 bits per heavy atom. The van der Waals surface area contributed by atoms with E-state index in [4.69, 9.17) is 0 Å². The number of rotatable bonds is 7. The number of carbonyl (C=O) groups is 3. The molecule has 1 aliphatic heterocycles. The van der Waals surface area contributed by atoms with Crippen molar-refractivity contribution in [2.45, 2.75) is 6.54 Å². The molecule has 0 radical (unpaired) electrons. The molecule has 0 spiro atoms. The van der Waals surface area contributed by atoms with Crippen molar-refractivity contribution in [3.63, 3.8) is 0 Å². The Hall–Kier alpha value is -4.32.